The number of rotatable bonds is 30. The summed E-state index contributed by atoms with van der Waals surface area (Å²) in [6.07, 6.45) is 2.78. The maximum Gasteiger partial charge on any atom is 0.255 e. The van der Waals surface area contributed by atoms with Crippen LogP contribution in [-0.2, 0) is 14.2 Å². The van der Waals surface area contributed by atoms with E-state index >= 15 is 0 Å². The van der Waals surface area contributed by atoms with E-state index in [1.54, 1.807) is 0 Å². The number of nitrogens with two attached hydrogens (primary N) is 3. The van der Waals surface area contributed by atoms with Crippen molar-refractivity contribution in [2.24, 2.45) is 17.2 Å². The van der Waals surface area contributed by atoms with E-state index in [9.17, 15) is 26.3 Å². The molecule has 0 aromatic rings. The molecule has 0 saturated heterocycles. The van der Waals surface area contributed by atoms with Crippen molar-refractivity contribution in [2.45, 2.75) is 56.7 Å². The zero-order chi connectivity index (χ0) is 53.5. The Kier molecular flexibility index (Phi) is 27.6. The Hall–Kier alpha value is -7.15. The van der Waals surface area contributed by atoms with Crippen molar-refractivity contribution in [1.29, 1.82) is 26.3 Å². The van der Waals surface area contributed by atoms with Gasteiger partial charge in [0.1, 0.15) is 23.8 Å². The Morgan fingerprint density at radius 1 is 0.521 bits per heavy atom. The second-order valence-corrected chi connectivity index (χ2v) is 17.5. The Balaban J connectivity index is 1.67. The minimum absolute atomic E-state index is 0.0427. The molecule has 0 aliphatic heterocycles. The van der Waals surface area contributed by atoms with Crippen LogP contribution in [0.15, 0.2) is 67.7 Å². The Morgan fingerprint density at radius 2 is 0.877 bits per heavy atom. The lowest BCUT2D eigenvalue weighted by Gasteiger charge is -2.34. The van der Waals surface area contributed by atoms with Crippen LogP contribution in [0.4, 0.5) is 0 Å². The molecule has 9 N–H and O–H groups in total. The first-order valence-electron chi connectivity index (χ1n) is 24.3. The van der Waals surface area contributed by atoms with Crippen LogP contribution in [0.2, 0.25) is 0 Å². The molecule has 3 rings (SSSR count). The highest BCUT2D eigenvalue weighted by Gasteiger charge is 2.32. The van der Waals surface area contributed by atoms with Crippen LogP contribution in [0.3, 0.4) is 0 Å². The predicted molar refractivity (Wildman–Crippen MR) is 274 cm³/mol. The third-order valence-corrected chi connectivity index (χ3v) is 13.0. The summed E-state index contributed by atoms with van der Waals surface area (Å²) < 4.78 is 18.2. The molecule has 3 aliphatic rings. The van der Waals surface area contributed by atoms with Gasteiger partial charge < -0.3 is 62.1 Å². The average molecular weight is 996 g/mol. The molecule has 0 amide bonds. The molecule has 0 saturated carbocycles. The van der Waals surface area contributed by atoms with Crippen molar-refractivity contribution < 1.29 is 14.2 Å². The lowest BCUT2D eigenvalue weighted by Crippen LogP contribution is -2.40. The molecule has 386 valence electrons. The van der Waals surface area contributed by atoms with Gasteiger partial charge in [0.15, 0.2) is 11.4 Å². The van der Waals surface area contributed by atoms with Crippen molar-refractivity contribution in [3.63, 3.8) is 0 Å². The van der Waals surface area contributed by atoms with E-state index in [2.05, 4.69) is 61.0 Å². The standard InChI is InChI=1S/C51H69N19O3/c1-60-48(35-58)42-27-39(68(6)15-9-53)30-46(50(42)62-3)65-12-21-72-24-18-70(17-23-71-20-11-64-45-29-38(67(5)14-8-52)26-41(44(45)34-57)37(32-55)33-56)19-25-73-22-13-66-47-31-40(69(7)16-10-54)28-43(51(47)63-4)49(36-59)61-2/h38-40,64-66H,8-31,52-54H2,5-7H3/b48-42-,49-43-. The first-order chi connectivity index (χ1) is 35.5. The molecule has 0 radical (unpaired) electrons. The maximum absolute atomic E-state index is 10.1. The quantitative estimate of drug-likeness (QED) is 0.0341. The molecule has 22 nitrogen and oxygen atoms in total. The lowest BCUT2D eigenvalue weighted by atomic mass is 9.84. The van der Waals surface area contributed by atoms with Crippen LogP contribution >= 0.6 is 0 Å². The summed E-state index contributed by atoms with van der Waals surface area (Å²) >= 11 is 0. The molecule has 73 heavy (non-hydrogen) atoms. The van der Waals surface area contributed by atoms with Crippen LogP contribution in [0.5, 0.6) is 0 Å². The van der Waals surface area contributed by atoms with Gasteiger partial charge in [-0.15, -0.1) is 0 Å². The van der Waals surface area contributed by atoms with Gasteiger partial charge in [0.25, 0.3) is 11.4 Å². The van der Waals surface area contributed by atoms with Gasteiger partial charge in [-0.25, -0.2) is 29.9 Å². The van der Waals surface area contributed by atoms with Gasteiger partial charge in [-0.05, 0) is 64.4 Å². The molecular weight excluding hydrogens is 927 g/mol. The highest BCUT2D eigenvalue weighted by molar-refractivity contribution is 5.57. The van der Waals surface area contributed by atoms with Gasteiger partial charge in [-0.1, -0.05) is 0 Å². The number of likely N-dealkylation sites (N-methyl/N-ethyl adjacent to an activating group) is 3. The highest BCUT2D eigenvalue weighted by Crippen LogP contribution is 2.36. The molecular formula is C51H69N19O3. The van der Waals surface area contributed by atoms with Gasteiger partial charge in [0.05, 0.1) is 83.6 Å². The van der Waals surface area contributed by atoms with Gasteiger partial charge in [0, 0.05) is 126 Å². The van der Waals surface area contributed by atoms with E-state index in [1.165, 1.54) is 0 Å². The molecule has 0 bridgehead atoms. The third-order valence-electron chi connectivity index (χ3n) is 13.0. The Morgan fingerprint density at radius 3 is 1.19 bits per heavy atom. The van der Waals surface area contributed by atoms with Crippen LogP contribution in [-0.4, -0.2) is 177 Å². The first kappa shape index (κ1) is 60.2. The molecule has 0 aromatic carbocycles. The average Bonchev–Trinajstić information content (AvgIpc) is 3.39. The minimum Gasteiger partial charge on any atom is -0.395 e. The van der Waals surface area contributed by atoms with Crippen LogP contribution in [0.1, 0.15) is 38.5 Å². The summed E-state index contributed by atoms with van der Waals surface area (Å²) in [6, 6.07) is 9.89. The van der Waals surface area contributed by atoms with Crippen LogP contribution < -0.4 is 33.2 Å². The van der Waals surface area contributed by atoms with E-state index in [0.29, 0.717) is 207 Å². The predicted octanol–water partition coefficient (Wildman–Crippen LogP) is 2.04. The van der Waals surface area contributed by atoms with E-state index in [4.69, 9.17) is 57.7 Å². The summed E-state index contributed by atoms with van der Waals surface area (Å²) in [6.45, 7) is 38.9. The van der Waals surface area contributed by atoms with Crippen LogP contribution in [0.25, 0.3) is 19.4 Å². The van der Waals surface area contributed by atoms with Gasteiger partial charge in [-0.2, -0.15) is 15.8 Å². The number of nitriles is 5. The topological polar surface area (TPSA) is 291 Å². The number of hydrogen-bond donors (Lipinski definition) is 6. The fourth-order valence-electron chi connectivity index (χ4n) is 8.91. The van der Waals surface area contributed by atoms with Crippen molar-refractivity contribution >= 4 is 0 Å². The number of ether oxygens (including phenoxy) is 3. The third kappa shape index (κ3) is 18.1. The molecule has 3 unspecified atom stereocenters. The number of nitrogens with one attached hydrogen (secondary N) is 3. The largest absolute Gasteiger partial charge is 0.395 e. The highest BCUT2D eigenvalue weighted by atomic mass is 16.5. The number of hydrogen-bond acceptors (Lipinski definition) is 18. The normalized spacial score (nSPS) is 19.2. The summed E-state index contributed by atoms with van der Waals surface area (Å²) in [4.78, 5) is 22.7. The second kappa shape index (κ2) is 33.5. The van der Waals surface area contributed by atoms with E-state index in [0.717, 1.165) is 0 Å². The van der Waals surface area contributed by atoms with E-state index in [1.807, 2.05) is 45.4 Å². The molecule has 0 aromatic heterocycles. The zero-order valence-corrected chi connectivity index (χ0v) is 42.5. The Bertz CT molecular complexity index is 2160. The van der Waals surface area contributed by atoms with Gasteiger partial charge >= 0.3 is 0 Å². The van der Waals surface area contributed by atoms with Crippen molar-refractivity contribution in [3.05, 3.63) is 113 Å². The summed E-state index contributed by atoms with van der Waals surface area (Å²) in [5.41, 5.74) is 21.4. The molecule has 3 atom stereocenters. The molecule has 0 spiro atoms. The molecule has 22 heteroatoms. The maximum atomic E-state index is 10.1. The summed E-state index contributed by atoms with van der Waals surface area (Å²) in [5, 5.41) is 58.8. The second-order valence-electron chi connectivity index (χ2n) is 17.5. The lowest BCUT2D eigenvalue weighted by molar-refractivity contribution is 0.0549. The van der Waals surface area contributed by atoms with Crippen molar-refractivity contribution in [3.8, 4) is 30.3 Å². The first-order valence-corrected chi connectivity index (χ1v) is 24.3. The monoisotopic (exact) mass is 996 g/mol. The molecule has 0 fully saturated rings. The number of nitrogens with zero attached hydrogens (tertiary/aromatic N) is 13. The fraction of sp³-hybridized carbons (Fsp3) is 0.588. The van der Waals surface area contributed by atoms with Crippen molar-refractivity contribution in [1.82, 2.24) is 35.6 Å². The minimum atomic E-state index is -0.0868. The van der Waals surface area contributed by atoms with Crippen LogP contribution in [0, 0.1) is 82.9 Å². The van der Waals surface area contributed by atoms with Gasteiger partial charge in [-0.3, -0.25) is 4.90 Å². The summed E-state index contributed by atoms with van der Waals surface area (Å²) in [7, 11) is 5.81. The van der Waals surface area contributed by atoms with Crippen molar-refractivity contribution in [2.75, 3.05) is 139 Å². The smallest absolute Gasteiger partial charge is 0.255 e. The SMILES string of the molecule is [C-]#[N+]C1=C(NCCOCCN(CCOCCNC2=C(C#N)C(=C(C#N)C#N)CC(N(C)CCN)C2)CCOCCNC2=C([N+]#[C-])/C(=C(/C#N)[N+]#[C-])CC(N(C)CCN)C2)CC(N(C)CCN)C/C1=C(\C#N)[N+]#[C-]. The van der Waals surface area contributed by atoms with Gasteiger partial charge in [0.2, 0.25) is 0 Å². The number of allylic oxidation sites excluding steroid dienone is 6. The van der Waals surface area contributed by atoms with E-state index in [-0.39, 0.29) is 35.1 Å². The Labute approximate surface area is 431 Å². The van der Waals surface area contributed by atoms with E-state index < -0.39 is 0 Å². The summed E-state index contributed by atoms with van der Waals surface area (Å²) in [5.74, 6) is 0. The fourth-order valence-corrected chi connectivity index (χ4v) is 8.91. The molecule has 3 aliphatic carbocycles. The zero-order valence-electron chi connectivity index (χ0n) is 42.5. The molecule has 0 heterocycles.